The maximum atomic E-state index is 6.11. The Morgan fingerprint density at radius 2 is 1.75 bits per heavy atom. The van der Waals surface area contributed by atoms with E-state index >= 15 is 0 Å². The lowest BCUT2D eigenvalue weighted by atomic mass is 9.98. The van der Waals surface area contributed by atoms with Crippen LogP contribution in [0.25, 0.3) is 11.3 Å². The van der Waals surface area contributed by atoms with E-state index < -0.39 is 0 Å². The molecular formula is C16H22N2OS. The molecule has 0 spiro atoms. The fraction of sp³-hybridized carbons (Fsp3) is 0.438. The fourth-order valence-electron chi connectivity index (χ4n) is 1.82. The minimum absolute atomic E-state index is 0.0255. The van der Waals surface area contributed by atoms with E-state index in [0.717, 1.165) is 27.0 Å². The average molecular weight is 290 g/mol. The topological polar surface area (TPSA) is 48.1 Å². The van der Waals surface area contributed by atoms with Crippen molar-refractivity contribution < 1.29 is 4.74 Å². The van der Waals surface area contributed by atoms with Gasteiger partial charge in [0.1, 0.15) is 21.5 Å². The van der Waals surface area contributed by atoms with Gasteiger partial charge in [0.25, 0.3) is 0 Å². The van der Waals surface area contributed by atoms with Gasteiger partial charge in [-0.3, -0.25) is 0 Å². The van der Waals surface area contributed by atoms with Gasteiger partial charge in [0.05, 0.1) is 6.10 Å². The van der Waals surface area contributed by atoms with Crippen molar-refractivity contribution in [1.82, 2.24) is 4.98 Å². The number of aromatic nitrogens is 1. The van der Waals surface area contributed by atoms with Gasteiger partial charge in [0.15, 0.2) is 0 Å². The van der Waals surface area contributed by atoms with E-state index in [9.17, 15) is 0 Å². The Labute approximate surface area is 124 Å². The van der Waals surface area contributed by atoms with Crippen molar-refractivity contribution >= 4 is 16.3 Å². The maximum Gasteiger partial charge on any atom is 0.119 e. The Hall–Kier alpha value is -1.55. The molecule has 0 aliphatic carbocycles. The molecule has 20 heavy (non-hydrogen) atoms. The minimum atomic E-state index is 0.0255. The van der Waals surface area contributed by atoms with Gasteiger partial charge >= 0.3 is 0 Å². The summed E-state index contributed by atoms with van der Waals surface area (Å²) in [5.74, 6) is 0.869. The van der Waals surface area contributed by atoms with Crippen LogP contribution in [0.3, 0.4) is 0 Å². The molecule has 0 bridgehead atoms. The van der Waals surface area contributed by atoms with E-state index in [-0.39, 0.29) is 11.5 Å². The first-order chi connectivity index (χ1) is 9.27. The third kappa shape index (κ3) is 3.31. The number of ether oxygens (including phenoxy) is 1. The lowest BCUT2D eigenvalue weighted by Gasteiger charge is -2.13. The lowest BCUT2D eigenvalue weighted by molar-refractivity contribution is 0.242. The van der Waals surface area contributed by atoms with E-state index in [4.69, 9.17) is 15.5 Å². The summed E-state index contributed by atoms with van der Waals surface area (Å²) >= 11 is 1.57. The predicted molar refractivity (Wildman–Crippen MR) is 86.4 cm³/mol. The quantitative estimate of drug-likeness (QED) is 0.906. The van der Waals surface area contributed by atoms with E-state index in [0.29, 0.717) is 0 Å². The predicted octanol–water partition coefficient (Wildman–Crippen LogP) is 4.48. The fourth-order valence-corrected chi connectivity index (χ4v) is 2.73. The highest BCUT2D eigenvalue weighted by Gasteiger charge is 2.21. The Balaban J connectivity index is 2.30. The number of hydrogen-bond donors (Lipinski definition) is 1. The summed E-state index contributed by atoms with van der Waals surface area (Å²) in [6, 6.07) is 7.95. The number of hydrogen-bond acceptors (Lipinski definition) is 4. The lowest BCUT2D eigenvalue weighted by Crippen LogP contribution is -2.10. The van der Waals surface area contributed by atoms with Gasteiger partial charge in [-0.25, -0.2) is 4.98 Å². The molecule has 4 heteroatoms. The van der Waals surface area contributed by atoms with Crippen LogP contribution in [0.2, 0.25) is 0 Å². The number of nitrogens with two attached hydrogens (primary N) is 1. The molecule has 0 aliphatic heterocycles. The second-order valence-corrected chi connectivity index (χ2v) is 7.20. The maximum absolute atomic E-state index is 6.11. The SMILES string of the molecule is CC(C)Oc1ccc(-c2nc(C(C)(C)C)sc2N)cc1. The molecule has 0 saturated heterocycles. The van der Waals surface area contributed by atoms with Crippen LogP contribution in [0, 0.1) is 0 Å². The van der Waals surface area contributed by atoms with Crippen LogP contribution >= 0.6 is 11.3 Å². The molecule has 1 aromatic heterocycles. The van der Waals surface area contributed by atoms with Crippen molar-refractivity contribution in [1.29, 1.82) is 0 Å². The summed E-state index contributed by atoms with van der Waals surface area (Å²) in [6.07, 6.45) is 0.178. The van der Waals surface area contributed by atoms with Crippen molar-refractivity contribution in [2.75, 3.05) is 5.73 Å². The molecule has 2 rings (SSSR count). The highest BCUT2D eigenvalue weighted by atomic mass is 32.1. The van der Waals surface area contributed by atoms with Crippen LogP contribution in [0.4, 0.5) is 5.00 Å². The zero-order chi connectivity index (χ0) is 14.9. The van der Waals surface area contributed by atoms with Crippen molar-refractivity contribution in [2.24, 2.45) is 0 Å². The molecule has 1 heterocycles. The second kappa shape index (κ2) is 5.44. The first-order valence-electron chi connectivity index (χ1n) is 6.81. The molecule has 0 unspecified atom stereocenters. The average Bonchev–Trinajstić information content (AvgIpc) is 2.71. The van der Waals surface area contributed by atoms with Crippen LogP contribution in [0.1, 0.15) is 39.6 Å². The van der Waals surface area contributed by atoms with Gasteiger partial charge in [-0.05, 0) is 38.1 Å². The van der Waals surface area contributed by atoms with Gasteiger partial charge < -0.3 is 10.5 Å². The third-order valence-corrected chi connectivity index (χ3v) is 4.10. The molecule has 2 N–H and O–H groups in total. The van der Waals surface area contributed by atoms with Crippen LogP contribution in [0.5, 0.6) is 5.75 Å². The molecule has 1 aromatic carbocycles. The summed E-state index contributed by atoms with van der Waals surface area (Å²) in [4.78, 5) is 4.69. The van der Waals surface area contributed by atoms with Gasteiger partial charge in [-0.15, -0.1) is 11.3 Å². The van der Waals surface area contributed by atoms with E-state index in [1.807, 2.05) is 38.1 Å². The largest absolute Gasteiger partial charge is 0.491 e. The summed E-state index contributed by atoms with van der Waals surface area (Å²) in [7, 11) is 0. The molecule has 108 valence electrons. The Bertz CT molecular complexity index is 580. The van der Waals surface area contributed by atoms with Gasteiger partial charge in [-0.1, -0.05) is 20.8 Å². The molecule has 0 fully saturated rings. The zero-order valence-electron chi connectivity index (χ0n) is 12.7. The molecule has 0 radical (unpaired) electrons. The number of thiazole rings is 1. The first kappa shape index (κ1) is 14.9. The van der Waals surface area contributed by atoms with E-state index in [2.05, 4.69) is 20.8 Å². The highest BCUT2D eigenvalue weighted by Crippen LogP contribution is 2.36. The van der Waals surface area contributed by atoms with Crippen LogP contribution in [0.15, 0.2) is 24.3 Å². The molecular weight excluding hydrogens is 268 g/mol. The van der Waals surface area contributed by atoms with Crippen molar-refractivity contribution in [3.05, 3.63) is 29.3 Å². The monoisotopic (exact) mass is 290 g/mol. The number of nitrogens with zero attached hydrogens (tertiary/aromatic N) is 1. The zero-order valence-corrected chi connectivity index (χ0v) is 13.5. The molecule has 0 amide bonds. The van der Waals surface area contributed by atoms with Crippen LogP contribution in [-0.4, -0.2) is 11.1 Å². The van der Waals surface area contributed by atoms with Gasteiger partial charge in [-0.2, -0.15) is 0 Å². The summed E-state index contributed by atoms with van der Waals surface area (Å²) in [5, 5.41) is 1.83. The molecule has 0 saturated carbocycles. The molecule has 2 aromatic rings. The minimum Gasteiger partial charge on any atom is -0.491 e. The van der Waals surface area contributed by atoms with Crippen LogP contribution < -0.4 is 10.5 Å². The van der Waals surface area contributed by atoms with Gasteiger partial charge in [0.2, 0.25) is 0 Å². The first-order valence-corrected chi connectivity index (χ1v) is 7.63. The summed E-state index contributed by atoms with van der Waals surface area (Å²) in [5.41, 5.74) is 8.04. The Kier molecular flexibility index (Phi) is 4.04. The summed E-state index contributed by atoms with van der Waals surface area (Å²) in [6.45, 7) is 10.5. The van der Waals surface area contributed by atoms with Crippen molar-refractivity contribution in [2.45, 2.75) is 46.1 Å². The van der Waals surface area contributed by atoms with Crippen molar-refractivity contribution in [3.63, 3.8) is 0 Å². The van der Waals surface area contributed by atoms with Crippen LogP contribution in [-0.2, 0) is 5.41 Å². The smallest absolute Gasteiger partial charge is 0.119 e. The van der Waals surface area contributed by atoms with Gasteiger partial charge in [0, 0.05) is 11.0 Å². The standard InChI is InChI=1S/C16H22N2OS/c1-10(2)19-12-8-6-11(7-9-12)13-14(17)20-15(18-13)16(3,4)5/h6-10H,17H2,1-5H3. The highest BCUT2D eigenvalue weighted by molar-refractivity contribution is 7.16. The van der Waals surface area contributed by atoms with E-state index in [1.54, 1.807) is 11.3 Å². The number of nitrogen functional groups attached to an aromatic ring is 1. The van der Waals surface area contributed by atoms with Crippen molar-refractivity contribution in [3.8, 4) is 17.0 Å². The Morgan fingerprint density at radius 1 is 1.15 bits per heavy atom. The third-order valence-electron chi connectivity index (χ3n) is 2.79. The molecule has 0 atom stereocenters. The second-order valence-electron chi connectivity index (χ2n) is 6.17. The summed E-state index contributed by atoms with van der Waals surface area (Å²) < 4.78 is 5.65. The van der Waals surface area contributed by atoms with E-state index in [1.165, 1.54) is 0 Å². The number of rotatable bonds is 3. The molecule has 0 aliphatic rings. The number of anilines is 1. The number of benzene rings is 1. The molecule has 3 nitrogen and oxygen atoms in total. The Morgan fingerprint density at radius 3 is 2.20 bits per heavy atom. The normalized spacial score (nSPS) is 11.9.